The minimum atomic E-state index is -1.60. The predicted octanol–water partition coefficient (Wildman–Crippen LogP) is 3.55. The Balaban J connectivity index is 2.33. The monoisotopic (exact) mass is 374 g/mol. The third-order valence-electron chi connectivity index (χ3n) is 4.19. The van der Waals surface area contributed by atoms with E-state index in [1.807, 2.05) is 0 Å². The molecule has 0 saturated carbocycles. The van der Waals surface area contributed by atoms with Crippen LogP contribution in [0.2, 0.25) is 0 Å². The quantitative estimate of drug-likeness (QED) is 0.639. The first kappa shape index (κ1) is 18.7. The van der Waals surface area contributed by atoms with Gasteiger partial charge in [0, 0.05) is 22.3 Å². The van der Waals surface area contributed by atoms with Crippen molar-refractivity contribution in [3.8, 4) is 0 Å². The molecule has 0 saturated heterocycles. The van der Waals surface area contributed by atoms with Crippen molar-refractivity contribution in [2.75, 3.05) is 0 Å². The lowest BCUT2D eigenvalue weighted by atomic mass is 9.87. The van der Waals surface area contributed by atoms with Crippen molar-refractivity contribution >= 4 is 23.5 Å². The number of aromatic carboxylic acids is 2. The SMILES string of the molecule is O=C(O)c1ccc(C(=O)c2ccccc2)c(C(=O)c2ccccc2)c1C(=O)O. The highest BCUT2D eigenvalue weighted by Gasteiger charge is 2.30. The fourth-order valence-corrected chi connectivity index (χ4v) is 2.91. The summed E-state index contributed by atoms with van der Waals surface area (Å²) in [5.41, 5.74) is -1.46. The summed E-state index contributed by atoms with van der Waals surface area (Å²) in [6, 6.07) is 18.1. The largest absolute Gasteiger partial charge is 0.478 e. The number of carboxylic acids is 2. The van der Waals surface area contributed by atoms with E-state index < -0.39 is 40.2 Å². The minimum absolute atomic E-state index is 0.148. The summed E-state index contributed by atoms with van der Waals surface area (Å²) in [5, 5.41) is 19.0. The average molecular weight is 374 g/mol. The first-order valence-corrected chi connectivity index (χ1v) is 8.25. The van der Waals surface area contributed by atoms with Gasteiger partial charge in [-0.05, 0) is 12.1 Å². The van der Waals surface area contributed by atoms with Crippen LogP contribution in [0.25, 0.3) is 0 Å². The Kier molecular flexibility index (Phi) is 5.13. The van der Waals surface area contributed by atoms with Crippen LogP contribution < -0.4 is 0 Å². The van der Waals surface area contributed by atoms with Gasteiger partial charge < -0.3 is 10.2 Å². The second-order valence-corrected chi connectivity index (χ2v) is 5.91. The number of ketones is 2. The predicted molar refractivity (Wildman–Crippen MR) is 100 cm³/mol. The smallest absolute Gasteiger partial charge is 0.337 e. The molecule has 0 spiro atoms. The van der Waals surface area contributed by atoms with Crippen LogP contribution in [0.15, 0.2) is 72.8 Å². The van der Waals surface area contributed by atoms with Crippen LogP contribution in [0.1, 0.15) is 52.6 Å². The van der Waals surface area contributed by atoms with E-state index in [-0.39, 0.29) is 16.7 Å². The van der Waals surface area contributed by atoms with E-state index >= 15 is 0 Å². The van der Waals surface area contributed by atoms with Gasteiger partial charge in [-0.1, -0.05) is 60.7 Å². The molecule has 3 aromatic carbocycles. The van der Waals surface area contributed by atoms with E-state index in [1.165, 1.54) is 30.3 Å². The number of carbonyl (C=O) groups is 4. The molecule has 0 aliphatic rings. The fraction of sp³-hybridized carbons (Fsp3) is 0. The summed E-state index contributed by atoms with van der Waals surface area (Å²) in [4.78, 5) is 49.5. The molecule has 3 aromatic rings. The average Bonchev–Trinajstić information content (AvgIpc) is 2.72. The van der Waals surface area contributed by atoms with Crippen LogP contribution >= 0.6 is 0 Å². The summed E-state index contributed by atoms with van der Waals surface area (Å²) in [5.74, 6) is -4.41. The topological polar surface area (TPSA) is 109 Å². The van der Waals surface area contributed by atoms with Crippen LogP contribution in [0.5, 0.6) is 0 Å². The molecule has 6 nitrogen and oxygen atoms in total. The zero-order valence-corrected chi connectivity index (χ0v) is 14.5. The second kappa shape index (κ2) is 7.67. The number of hydrogen-bond donors (Lipinski definition) is 2. The maximum atomic E-state index is 13.1. The van der Waals surface area contributed by atoms with Gasteiger partial charge in [0.05, 0.1) is 11.1 Å². The van der Waals surface area contributed by atoms with Crippen molar-refractivity contribution in [2.24, 2.45) is 0 Å². The molecule has 0 heterocycles. The first-order valence-electron chi connectivity index (χ1n) is 8.25. The minimum Gasteiger partial charge on any atom is -0.478 e. The molecule has 2 N–H and O–H groups in total. The van der Waals surface area contributed by atoms with Crippen molar-refractivity contribution in [2.45, 2.75) is 0 Å². The van der Waals surface area contributed by atoms with E-state index in [1.54, 1.807) is 36.4 Å². The molecule has 0 unspecified atom stereocenters. The van der Waals surface area contributed by atoms with Crippen LogP contribution in [-0.4, -0.2) is 33.7 Å². The van der Waals surface area contributed by atoms with Gasteiger partial charge in [0.2, 0.25) is 0 Å². The van der Waals surface area contributed by atoms with E-state index in [4.69, 9.17) is 0 Å². The van der Waals surface area contributed by atoms with E-state index in [0.29, 0.717) is 0 Å². The molecule has 0 atom stereocenters. The summed E-state index contributed by atoms with van der Waals surface area (Å²) in [6.07, 6.45) is 0. The molecule has 0 aliphatic carbocycles. The summed E-state index contributed by atoms with van der Waals surface area (Å²) >= 11 is 0. The van der Waals surface area contributed by atoms with Gasteiger partial charge in [0.25, 0.3) is 0 Å². The first-order chi connectivity index (χ1) is 13.4. The van der Waals surface area contributed by atoms with E-state index in [9.17, 15) is 29.4 Å². The third-order valence-corrected chi connectivity index (χ3v) is 4.19. The van der Waals surface area contributed by atoms with Gasteiger partial charge in [-0.25, -0.2) is 9.59 Å². The van der Waals surface area contributed by atoms with Gasteiger partial charge in [-0.2, -0.15) is 0 Å². The Bertz CT molecular complexity index is 1080. The number of carbonyl (C=O) groups excluding carboxylic acids is 2. The Labute approximate surface area is 159 Å². The number of rotatable bonds is 6. The van der Waals surface area contributed by atoms with Gasteiger partial charge in [-0.15, -0.1) is 0 Å². The lowest BCUT2D eigenvalue weighted by molar-refractivity contribution is 0.0649. The second-order valence-electron chi connectivity index (χ2n) is 5.91. The highest BCUT2D eigenvalue weighted by Crippen LogP contribution is 2.26. The van der Waals surface area contributed by atoms with Crippen molar-refractivity contribution < 1.29 is 29.4 Å². The highest BCUT2D eigenvalue weighted by atomic mass is 16.4. The number of carboxylic acid groups (broad SMARTS) is 2. The molecular weight excluding hydrogens is 360 g/mol. The standard InChI is InChI=1S/C22H14O6/c23-19(13-7-3-1-4-8-13)15-11-12-16(21(25)26)18(22(27)28)17(15)20(24)14-9-5-2-6-10-14/h1-12H,(H,25,26)(H,27,28). The van der Waals surface area contributed by atoms with E-state index in [2.05, 4.69) is 0 Å². The Morgan fingerprint density at radius 3 is 1.43 bits per heavy atom. The molecule has 3 rings (SSSR count). The highest BCUT2D eigenvalue weighted by molar-refractivity contribution is 6.24. The van der Waals surface area contributed by atoms with Crippen LogP contribution in [0, 0.1) is 0 Å². The normalized spacial score (nSPS) is 10.3. The molecule has 138 valence electrons. The fourth-order valence-electron chi connectivity index (χ4n) is 2.91. The van der Waals surface area contributed by atoms with Crippen LogP contribution in [0.3, 0.4) is 0 Å². The molecule has 0 radical (unpaired) electrons. The zero-order valence-electron chi connectivity index (χ0n) is 14.5. The zero-order chi connectivity index (χ0) is 20.3. The third kappa shape index (κ3) is 3.43. The van der Waals surface area contributed by atoms with Crippen molar-refractivity contribution in [3.05, 3.63) is 106 Å². The molecule has 28 heavy (non-hydrogen) atoms. The summed E-state index contributed by atoms with van der Waals surface area (Å²) in [7, 11) is 0. The molecule has 0 amide bonds. The molecule has 0 fully saturated rings. The van der Waals surface area contributed by atoms with E-state index in [0.717, 1.165) is 6.07 Å². The maximum Gasteiger partial charge on any atom is 0.337 e. The summed E-state index contributed by atoms with van der Waals surface area (Å²) < 4.78 is 0. The molecule has 0 bridgehead atoms. The van der Waals surface area contributed by atoms with Crippen LogP contribution in [-0.2, 0) is 0 Å². The number of hydrogen-bond acceptors (Lipinski definition) is 4. The maximum absolute atomic E-state index is 13.1. The lowest BCUT2D eigenvalue weighted by Crippen LogP contribution is -2.20. The van der Waals surface area contributed by atoms with Gasteiger partial charge in [0.1, 0.15) is 0 Å². The molecule has 0 aromatic heterocycles. The van der Waals surface area contributed by atoms with Gasteiger partial charge in [0.15, 0.2) is 11.6 Å². The van der Waals surface area contributed by atoms with Crippen molar-refractivity contribution in [1.29, 1.82) is 0 Å². The van der Waals surface area contributed by atoms with Crippen molar-refractivity contribution in [1.82, 2.24) is 0 Å². The Morgan fingerprint density at radius 2 is 0.964 bits per heavy atom. The lowest BCUT2D eigenvalue weighted by Gasteiger charge is -2.14. The summed E-state index contributed by atoms with van der Waals surface area (Å²) in [6.45, 7) is 0. The van der Waals surface area contributed by atoms with Gasteiger partial charge in [-0.3, -0.25) is 9.59 Å². The number of benzene rings is 3. The molecule has 0 aliphatic heterocycles. The molecule has 6 heteroatoms. The van der Waals surface area contributed by atoms with Gasteiger partial charge >= 0.3 is 11.9 Å². The van der Waals surface area contributed by atoms with Crippen molar-refractivity contribution in [3.63, 3.8) is 0 Å². The molecular formula is C22H14O6. The Morgan fingerprint density at radius 1 is 0.500 bits per heavy atom. The van der Waals surface area contributed by atoms with Crippen LogP contribution in [0.4, 0.5) is 0 Å². The Hall–Kier alpha value is -4.06.